The van der Waals surface area contributed by atoms with Crippen LogP contribution in [-0.4, -0.2) is 5.97 Å². The van der Waals surface area contributed by atoms with Gasteiger partial charge in [0.25, 0.3) is 0 Å². The van der Waals surface area contributed by atoms with E-state index in [1.54, 1.807) is 18.3 Å². The number of fused-ring (bicyclic) bond motifs is 3. The summed E-state index contributed by atoms with van der Waals surface area (Å²) < 4.78 is 8.54. The lowest BCUT2D eigenvalue weighted by Gasteiger charge is -2.23. The van der Waals surface area contributed by atoms with Gasteiger partial charge in [0.05, 0.1) is 5.56 Å². The van der Waals surface area contributed by atoms with E-state index in [0.29, 0.717) is 5.56 Å². The summed E-state index contributed by atoms with van der Waals surface area (Å²) in [5.41, 5.74) is 0.454. The molecule has 5 aromatic rings. The molecule has 0 aliphatic heterocycles. The second kappa shape index (κ2) is 8.27. The summed E-state index contributed by atoms with van der Waals surface area (Å²) >= 11 is 1.56. The van der Waals surface area contributed by atoms with Gasteiger partial charge in [-0.2, -0.15) is 11.3 Å². The van der Waals surface area contributed by atoms with Gasteiger partial charge in [0.15, 0.2) is 19.9 Å². The average molecular weight is 454 g/mol. The van der Waals surface area contributed by atoms with E-state index in [0.717, 1.165) is 5.56 Å². The molecule has 5 rings (SSSR count). The van der Waals surface area contributed by atoms with E-state index in [1.165, 1.54) is 25.1 Å². The Balaban J connectivity index is 1.51. The van der Waals surface area contributed by atoms with Crippen LogP contribution in [0, 0.1) is 11.8 Å². The third kappa shape index (κ3) is 3.50. The quantitative estimate of drug-likeness (QED) is 0.157. The van der Waals surface area contributed by atoms with Crippen molar-refractivity contribution < 1.29 is 9.53 Å². The second-order valence-electron chi connectivity index (χ2n) is 7.63. The SMILES string of the molecule is CC#CC(C)(OC(=O)c1ccc(-[s+]2c3ccccc3c3ccccc32)cc1)c1ccsc1. The average Bonchev–Trinajstić information content (AvgIpc) is 3.47. The molecule has 0 amide bonds. The van der Waals surface area contributed by atoms with Crippen LogP contribution in [0.1, 0.15) is 29.8 Å². The normalized spacial score (nSPS) is 12.8. The highest BCUT2D eigenvalue weighted by Gasteiger charge is 2.30. The zero-order chi connectivity index (χ0) is 22.1. The zero-order valence-electron chi connectivity index (χ0n) is 17.8. The molecule has 32 heavy (non-hydrogen) atoms. The maximum Gasteiger partial charge on any atom is 0.339 e. The minimum absolute atomic E-state index is 0.182. The Kier molecular flexibility index (Phi) is 5.30. The van der Waals surface area contributed by atoms with E-state index in [-0.39, 0.29) is 16.4 Å². The number of esters is 1. The minimum atomic E-state index is -0.963. The number of carbonyl (C=O) groups is 1. The van der Waals surface area contributed by atoms with Crippen LogP contribution < -0.4 is 0 Å². The molecular weight excluding hydrogens is 432 g/mol. The molecule has 4 heteroatoms. The smallest absolute Gasteiger partial charge is 0.339 e. The fourth-order valence-electron chi connectivity index (χ4n) is 4.01. The minimum Gasteiger partial charge on any atom is -0.438 e. The Morgan fingerprint density at radius 3 is 2.09 bits per heavy atom. The summed E-state index contributed by atoms with van der Waals surface area (Å²) in [6.07, 6.45) is 0. The van der Waals surface area contributed by atoms with Gasteiger partial charge in [0.1, 0.15) is 0 Å². The Hall–Kier alpha value is -3.39. The van der Waals surface area contributed by atoms with Gasteiger partial charge in [0, 0.05) is 26.8 Å². The maximum atomic E-state index is 13.0. The van der Waals surface area contributed by atoms with Gasteiger partial charge in [-0.15, -0.1) is 5.92 Å². The number of ether oxygens (including phenoxy) is 1. The molecule has 3 aromatic carbocycles. The highest BCUT2D eigenvalue weighted by Crippen LogP contribution is 2.48. The molecule has 0 bridgehead atoms. The largest absolute Gasteiger partial charge is 0.438 e. The summed E-state index contributed by atoms with van der Waals surface area (Å²) in [5, 5.41) is 6.52. The molecule has 0 aliphatic rings. The number of hydrogen-bond acceptors (Lipinski definition) is 3. The lowest BCUT2D eigenvalue weighted by atomic mass is 9.99. The molecule has 0 saturated heterocycles. The number of benzene rings is 3. The third-order valence-corrected chi connectivity index (χ3v) is 8.58. The third-order valence-electron chi connectivity index (χ3n) is 5.56. The van der Waals surface area contributed by atoms with Crippen molar-refractivity contribution in [1.82, 2.24) is 0 Å². The van der Waals surface area contributed by atoms with Crippen molar-refractivity contribution in [3.63, 3.8) is 0 Å². The van der Waals surface area contributed by atoms with Crippen molar-refractivity contribution in [3.8, 4) is 16.7 Å². The fourth-order valence-corrected chi connectivity index (χ4v) is 7.14. The molecule has 2 aromatic heterocycles. The van der Waals surface area contributed by atoms with Crippen LogP contribution in [0.15, 0.2) is 89.6 Å². The molecule has 1 unspecified atom stereocenters. The zero-order valence-corrected chi connectivity index (χ0v) is 19.4. The highest BCUT2D eigenvalue weighted by molar-refractivity contribution is 7.50. The Morgan fingerprint density at radius 1 is 0.906 bits per heavy atom. The first-order valence-electron chi connectivity index (χ1n) is 10.3. The number of rotatable bonds is 4. The van der Waals surface area contributed by atoms with Crippen molar-refractivity contribution in [2.24, 2.45) is 0 Å². The topological polar surface area (TPSA) is 26.3 Å². The first-order valence-corrected chi connectivity index (χ1v) is 12.5. The van der Waals surface area contributed by atoms with Crippen molar-refractivity contribution in [2.45, 2.75) is 19.4 Å². The number of hydrogen-bond donors (Lipinski definition) is 0. The second-order valence-corrected chi connectivity index (χ2v) is 10.4. The summed E-state index contributed by atoms with van der Waals surface area (Å²) in [5.74, 6) is 5.58. The van der Waals surface area contributed by atoms with Crippen molar-refractivity contribution in [3.05, 3.63) is 101 Å². The molecular formula is C28H21O2S2+. The Bertz CT molecular complexity index is 1430. The summed E-state index contributed by atoms with van der Waals surface area (Å²) in [6.45, 7) is 3.59. The van der Waals surface area contributed by atoms with Crippen LogP contribution in [-0.2, 0) is 10.3 Å². The highest BCUT2D eigenvalue weighted by atomic mass is 32.2. The molecule has 156 valence electrons. The van der Waals surface area contributed by atoms with E-state index in [1.807, 2.05) is 48.0 Å². The van der Waals surface area contributed by atoms with Crippen molar-refractivity contribution in [1.29, 1.82) is 0 Å². The van der Waals surface area contributed by atoms with E-state index in [9.17, 15) is 4.79 Å². The Labute approximate surface area is 194 Å². The van der Waals surface area contributed by atoms with E-state index in [4.69, 9.17) is 4.74 Å². The molecule has 0 N–H and O–H groups in total. The van der Waals surface area contributed by atoms with Crippen LogP contribution in [0.4, 0.5) is 0 Å². The Morgan fingerprint density at radius 2 is 1.53 bits per heavy atom. The van der Waals surface area contributed by atoms with Gasteiger partial charge in [-0.1, -0.05) is 30.2 Å². The van der Waals surface area contributed by atoms with E-state index < -0.39 is 5.60 Å². The molecule has 0 fully saturated rings. The lowest BCUT2D eigenvalue weighted by molar-refractivity contribution is 0.0130. The van der Waals surface area contributed by atoms with E-state index >= 15 is 0 Å². The van der Waals surface area contributed by atoms with Gasteiger partial charge in [0.2, 0.25) is 0 Å². The molecule has 2 nitrogen and oxygen atoms in total. The first kappa shape index (κ1) is 20.5. The fraction of sp³-hybridized carbons (Fsp3) is 0.107. The monoisotopic (exact) mass is 453 g/mol. The van der Waals surface area contributed by atoms with Crippen molar-refractivity contribution in [2.75, 3.05) is 0 Å². The van der Waals surface area contributed by atoms with Crippen molar-refractivity contribution >= 4 is 47.9 Å². The number of carbonyl (C=O) groups excluding carboxylic acids is 1. The molecule has 2 heterocycles. The van der Waals surface area contributed by atoms with Crippen LogP contribution in [0.3, 0.4) is 0 Å². The van der Waals surface area contributed by atoms with Gasteiger partial charge >= 0.3 is 5.97 Å². The van der Waals surface area contributed by atoms with Crippen LogP contribution in [0.2, 0.25) is 0 Å². The predicted molar refractivity (Wildman–Crippen MR) is 136 cm³/mol. The molecule has 0 saturated carbocycles. The summed E-state index contributed by atoms with van der Waals surface area (Å²) in [7, 11) is -0.182. The van der Waals surface area contributed by atoms with Crippen LogP contribution in [0.5, 0.6) is 0 Å². The van der Waals surface area contributed by atoms with Gasteiger partial charge in [-0.25, -0.2) is 4.79 Å². The predicted octanol–water partition coefficient (Wildman–Crippen LogP) is 7.89. The first-order chi connectivity index (χ1) is 15.6. The maximum absolute atomic E-state index is 13.0. The van der Waals surface area contributed by atoms with Crippen LogP contribution >= 0.6 is 21.8 Å². The molecule has 0 aliphatic carbocycles. The lowest BCUT2D eigenvalue weighted by Crippen LogP contribution is -2.27. The van der Waals surface area contributed by atoms with Gasteiger partial charge in [-0.3, -0.25) is 0 Å². The van der Waals surface area contributed by atoms with E-state index in [2.05, 4.69) is 60.4 Å². The molecule has 0 radical (unpaired) electrons. The molecule has 1 atom stereocenters. The summed E-state index contributed by atoms with van der Waals surface area (Å²) in [4.78, 5) is 14.2. The van der Waals surface area contributed by atoms with Gasteiger partial charge in [-0.05, 0) is 79.2 Å². The van der Waals surface area contributed by atoms with Crippen LogP contribution in [0.25, 0.3) is 25.1 Å². The van der Waals surface area contributed by atoms with Gasteiger partial charge < -0.3 is 4.74 Å². The standard InChI is InChI=1S/C28H21O2S2/c1-3-17-28(2,21-16-18-31-19-21)30-27(29)20-12-14-22(15-13-20)32-25-10-6-4-8-23(25)24-9-5-7-11-26(24)32/h4-16,18-19H,1-2H3/q+1. The summed E-state index contributed by atoms with van der Waals surface area (Å²) in [6, 6.07) is 26.9. The number of thiophene rings is 2. The molecule has 0 spiro atoms.